The summed E-state index contributed by atoms with van der Waals surface area (Å²) in [6, 6.07) is 12.6. The molecule has 3 aromatic rings. The number of hydrogen-bond acceptors (Lipinski definition) is 5. The Morgan fingerprint density at radius 2 is 1.75 bits per heavy atom. The molecule has 0 atom stereocenters. The van der Waals surface area contributed by atoms with Gasteiger partial charge in [0.1, 0.15) is 5.52 Å². The van der Waals surface area contributed by atoms with Crippen molar-refractivity contribution in [3.05, 3.63) is 59.5 Å². The van der Waals surface area contributed by atoms with E-state index in [1.165, 1.54) is 4.31 Å². The number of sulfonamides is 1. The number of para-hydroxylation sites is 2. The maximum atomic E-state index is 13.3. The number of aromatic nitrogens is 1. The number of hydrogen-bond donors (Lipinski definition) is 0. The maximum Gasteiger partial charge on any atom is 0.254 e. The maximum absolute atomic E-state index is 13.3. The highest BCUT2D eigenvalue weighted by Crippen LogP contribution is 2.31. The average Bonchev–Trinajstić information content (AvgIpc) is 3.49. The standard InChI is InChI=1S/C24H27N3O4S/c1-17-8-9-19(32(29,30)27-12-4-5-13-27)16-20(17)24(28)26-14-10-18(11-15-26)23-25-21-6-2-3-7-22(21)31-23/h2-3,6-9,16,18H,4-5,10-15H2,1H3. The first-order valence-corrected chi connectivity index (χ1v) is 12.6. The minimum absolute atomic E-state index is 0.114. The zero-order valence-electron chi connectivity index (χ0n) is 18.2. The van der Waals surface area contributed by atoms with E-state index in [4.69, 9.17) is 4.42 Å². The molecule has 0 bridgehead atoms. The Hall–Kier alpha value is -2.71. The zero-order valence-corrected chi connectivity index (χ0v) is 19.0. The number of oxazole rings is 1. The Morgan fingerprint density at radius 1 is 1.03 bits per heavy atom. The van der Waals surface area contributed by atoms with Gasteiger partial charge in [-0.15, -0.1) is 0 Å². The van der Waals surface area contributed by atoms with E-state index in [2.05, 4.69) is 4.98 Å². The lowest BCUT2D eigenvalue weighted by Gasteiger charge is -2.31. The van der Waals surface area contributed by atoms with Crippen molar-refractivity contribution < 1.29 is 17.6 Å². The van der Waals surface area contributed by atoms with Crippen molar-refractivity contribution in [2.24, 2.45) is 0 Å². The smallest absolute Gasteiger partial charge is 0.254 e. The van der Waals surface area contributed by atoms with E-state index in [-0.39, 0.29) is 16.7 Å². The third-order valence-corrected chi connectivity index (χ3v) is 8.48. The number of fused-ring (bicyclic) bond motifs is 1. The number of aryl methyl sites for hydroxylation is 1. The van der Waals surface area contributed by atoms with Gasteiger partial charge in [-0.3, -0.25) is 4.79 Å². The first kappa shape index (κ1) is 21.2. The van der Waals surface area contributed by atoms with Crippen LogP contribution < -0.4 is 0 Å². The van der Waals surface area contributed by atoms with Gasteiger partial charge in [0, 0.05) is 37.7 Å². The molecule has 0 spiro atoms. The number of carbonyl (C=O) groups excluding carboxylic acids is 1. The number of piperidine rings is 1. The molecule has 1 amide bonds. The Labute approximate surface area is 188 Å². The SMILES string of the molecule is Cc1ccc(S(=O)(=O)N2CCCC2)cc1C(=O)N1CCC(c2nc3ccccc3o2)CC1. The van der Waals surface area contributed by atoms with Gasteiger partial charge in [0.05, 0.1) is 4.90 Å². The molecule has 1 aromatic heterocycles. The molecule has 32 heavy (non-hydrogen) atoms. The van der Waals surface area contributed by atoms with E-state index >= 15 is 0 Å². The Bertz CT molecular complexity index is 1220. The summed E-state index contributed by atoms with van der Waals surface area (Å²) in [5.41, 5.74) is 2.89. The van der Waals surface area contributed by atoms with E-state index in [0.717, 1.165) is 48.2 Å². The van der Waals surface area contributed by atoms with Crippen LogP contribution in [0.5, 0.6) is 0 Å². The number of likely N-dealkylation sites (tertiary alicyclic amines) is 1. The molecule has 3 heterocycles. The average molecular weight is 454 g/mol. The number of amides is 1. The summed E-state index contributed by atoms with van der Waals surface area (Å²) < 4.78 is 33.3. The Morgan fingerprint density at radius 3 is 2.47 bits per heavy atom. The molecular weight excluding hydrogens is 426 g/mol. The minimum atomic E-state index is -3.56. The monoisotopic (exact) mass is 453 g/mol. The second kappa shape index (κ2) is 8.33. The van der Waals surface area contributed by atoms with Gasteiger partial charge in [0.25, 0.3) is 5.91 Å². The van der Waals surface area contributed by atoms with Crippen LogP contribution in [0.2, 0.25) is 0 Å². The molecule has 0 unspecified atom stereocenters. The summed E-state index contributed by atoms with van der Waals surface area (Å²) in [5, 5.41) is 0. The predicted molar refractivity (Wildman–Crippen MR) is 121 cm³/mol. The largest absolute Gasteiger partial charge is 0.440 e. The molecule has 0 N–H and O–H groups in total. The molecule has 5 rings (SSSR count). The van der Waals surface area contributed by atoms with Crippen molar-refractivity contribution in [1.82, 2.24) is 14.2 Å². The van der Waals surface area contributed by atoms with Gasteiger partial charge in [0.2, 0.25) is 10.0 Å². The van der Waals surface area contributed by atoms with Crippen LogP contribution in [0, 0.1) is 6.92 Å². The van der Waals surface area contributed by atoms with Crippen molar-refractivity contribution >= 4 is 27.0 Å². The topological polar surface area (TPSA) is 83.7 Å². The van der Waals surface area contributed by atoms with Crippen LogP contribution >= 0.6 is 0 Å². The van der Waals surface area contributed by atoms with Crippen LogP contribution in [-0.4, -0.2) is 54.7 Å². The number of nitrogens with zero attached hydrogens (tertiary/aromatic N) is 3. The third kappa shape index (κ3) is 3.82. The number of carbonyl (C=O) groups is 1. The predicted octanol–water partition coefficient (Wildman–Crippen LogP) is 3.94. The fraction of sp³-hybridized carbons (Fsp3) is 0.417. The summed E-state index contributed by atoms with van der Waals surface area (Å²) in [4.78, 5) is 19.9. The van der Waals surface area contributed by atoms with Gasteiger partial charge in [-0.2, -0.15) is 4.31 Å². The van der Waals surface area contributed by atoms with Gasteiger partial charge < -0.3 is 9.32 Å². The lowest BCUT2D eigenvalue weighted by molar-refractivity contribution is 0.0705. The van der Waals surface area contributed by atoms with Gasteiger partial charge in [-0.05, 0) is 62.4 Å². The van der Waals surface area contributed by atoms with E-state index in [1.807, 2.05) is 36.1 Å². The summed E-state index contributed by atoms with van der Waals surface area (Å²) in [6.07, 6.45) is 3.30. The zero-order chi connectivity index (χ0) is 22.3. The van der Waals surface area contributed by atoms with Crippen molar-refractivity contribution in [1.29, 1.82) is 0 Å². The molecule has 8 heteroatoms. The van der Waals surface area contributed by atoms with Crippen LogP contribution in [0.4, 0.5) is 0 Å². The summed E-state index contributed by atoms with van der Waals surface area (Å²) in [6.45, 7) is 4.12. The molecular formula is C24H27N3O4S. The van der Waals surface area contributed by atoms with Gasteiger partial charge in [-0.1, -0.05) is 18.2 Å². The van der Waals surface area contributed by atoms with Crippen molar-refractivity contribution in [2.75, 3.05) is 26.2 Å². The molecule has 0 radical (unpaired) electrons. The third-order valence-electron chi connectivity index (χ3n) is 6.58. The first-order chi connectivity index (χ1) is 15.4. The molecule has 2 fully saturated rings. The van der Waals surface area contributed by atoms with Crippen molar-refractivity contribution in [3.63, 3.8) is 0 Å². The number of rotatable bonds is 4. The van der Waals surface area contributed by atoms with E-state index < -0.39 is 10.0 Å². The van der Waals surface area contributed by atoms with Gasteiger partial charge in [0.15, 0.2) is 11.5 Å². The van der Waals surface area contributed by atoms with Crippen LogP contribution in [0.3, 0.4) is 0 Å². The molecule has 2 aliphatic rings. The molecule has 2 aliphatic heterocycles. The van der Waals surface area contributed by atoms with Crippen LogP contribution in [0.15, 0.2) is 51.8 Å². The van der Waals surface area contributed by atoms with Gasteiger partial charge >= 0.3 is 0 Å². The molecule has 7 nitrogen and oxygen atoms in total. The lowest BCUT2D eigenvalue weighted by Crippen LogP contribution is -2.38. The number of benzene rings is 2. The molecule has 0 aliphatic carbocycles. The highest BCUT2D eigenvalue weighted by molar-refractivity contribution is 7.89. The van der Waals surface area contributed by atoms with E-state index in [0.29, 0.717) is 31.7 Å². The van der Waals surface area contributed by atoms with Crippen LogP contribution in [-0.2, 0) is 10.0 Å². The summed E-state index contributed by atoms with van der Waals surface area (Å²) >= 11 is 0. The second-order valence-corrected chi connectivity index (χ2v) is 10.6. The quantitative estimate of drug-likeness (QED) is 0.597. The fourth-order valence-corrected chi connectivity index (χ4v) is 6.18. The van der Waals surface area contributed by atoms with Crippen molar-refractivity contribution in [2.45, 2.75) is 43.4 Å². The van der Waals surface area contributed by atoms with Crippen LogP contribution in [0.1, 0.15) is 53.4 Å². The molecule has 0 saturated carbocycles. The summed E-state index contributed by atoms with van der Waals surface area (Å²) in [5.74, 6) is 0.791. The van der Waals surface area contributed by atoms with Crippen molar-refractivity contribution in [3.8, 4) is 0 Å². The van der Waals surface area contributed by atoms with Crippen LogP contribution in [0.25, 0.3) is 11.1 Å². The highest BCUT2D eigenvalue weighted by atomic mass is 32.2. The van der Waals surface area contributed by atoms with E-state index in [9.17, 15) is 13.2 Å². The summed E-state index contributed by atoms with van der Waals surface area (Å²) in [7, 11) is -3.56. The second-order valence-electron chi connectivity index (χ2n) is 8.67. The first-order valence-electron chi connectivity index (χ1n) is 11.2. The lowest BCUT2D eigenvalue weighted by atomic mass is 9.96. The highest BCUT2D eigenvalue weighted by Gasteiger charge is 2.31. The Balaban J connectivity index is 1.31. The minimum Gasteiger partial charge on any atom is -0.440 e. The fourth-order valence-electron chi connectivity index (χ4n) is 4.63. The van der Waals surface area contributed by atoms with Gasteiger partial charge in [-0.25, -0.2) is 13.4 Å². The van der Waals surface area contributed by atoms with E-state index in [1.54, 1.807) is 18.2 Å². The Kier molecular flexibility index (Phi) is 5.51. The normalized spacial score (nSPS) is 18.5. The molecule has 2 aromatic carbocycles. The molecule has 168 valence electrons. The molecule has 2 saturated heterocycles.